The van der Waals surface area contributed by atoms with E-state index in [-0.39, 0.29) is 0 Å². The molecule has 1 aromatic carbocycles. The molecule has 0 N–H and O–H groups in total. The maximum Gasteiger partial charge on any atom is 0.151 e. The molecule has 0 saturated carbocycles. The van der Waals surface area contributed by atoms with E-state index in [0.29, 0.717) is 6.04 Å². The molecule has 124 valence electrons. The first-order chi connectivity index (χ1) is 11.8. The van der Waals surface area contributed by atoms with Gasteiger partial charge in [0.15, 0.2) is 5.76 Å². The fourth-order valence-corrected chi connectivity index (χ4v) is 3.39. The minimum absolute atomic E-state index is 0.293. The molecule has 3 aromatic rings. The highest BCUT2D eigenvalue weighted by atomic mass is 16.5. The summed E-state index contributed by atoms with van der Waals surface area (Å²) in [6, 6.07) is 14.5. The number of nitrogens with zero attached hydrogens (tertiary/aromatic N) is 3. The van der Waals surface area contributed by atoms with Crippen molar-refractivity contribution in [3.8, 4) is 11.3 Å². The van der Waals surface area contributed by atoms with E-state index in [1.165, 1.54) is 12.8 Å². The predicted octanol–water partition coefficient (Wildman–Crippen LogP) is 4.37. The Morgan fingerprint density at radius 3 is 2.75 bits per heavy atom. The lowest BCUT2D eigenvalue weighted by Crippen LogP contribution is -2.33. The largest absolute Gasteiger partial charge is 0.361 e. The SMILES string of the molecule is Cc1cc([C@H]2CCCCN2Cc2cc(-c3ccccc3)no2)no1. The number of piperidine rings is 1. The molecule has 0 aliphatic carbocycles. The van der Waals surface area contributed by atoms with Crippen molar-refractivity contribution in [1.82, 2.24) is 15.2 Å². The van der Waals surface area contributed by atoms with Crippen molar-refractivity contribution in [3.63, 3.8) is 0 Å². The molecule has 4 rings (SSSR count). The van der Waals surface area contributed by atoms with E-state index in [1.54, 1.807) is 0 Å². The summed E-state index contributed by atoms with van der Waals surface area (Å²) in [5, 5.41) is 8.44. The summed E-state index contributed by atoms with van der Waals surface area (Å²) in [5.74, 6) is 1.75. The Morgan fingerprint density at radius 2 is 1.96 bits per heavy atom. The molecule has 1 aliphatic heterocycles. The van der Waals surface area contributed by atoms with Gasteiger partial charge in [-0.15, -0.1) is 0 Å². The molecule has 2 aromatic heterocycles. The van der Waals surface area contributed by atoms with Gasteiger partial charge >= 0.3 is 0 Å². The van der Waals surface area contributed by atoms with Gasteiger partial charge in [-0.1, -0.05) is 47.1 Å². The van der Waals surface area contributed by atoms with Crippen LogP contribution >= 0.6 is 0 Å². The Labute approximate surface area is 141 Å². The zero-order valence-electron chi connectivity index (χ0n) is 13.8. The molecule has 5 heteroatoms. The molecule has 5 nitrogen and oxygen atoms in total. The molecular weight excluding hydrogens is 302 g/mol. The molecule has 0 spiro atoms. The van der Waals surface area contributed by atoms with Gasteiger partial charge in [0.2, 0.25) is 0 Å². The molecule has 1 atom stereocenters. The third-order valence-electron chi connectivity index (χ3n) is 4.59. The van der Waals surface area contributed by atoms with Crippen molar-refractivity contribution in [2.45, 2.75) is 38.8 Å². The predicted molar refractivity (Wildman–Crippen MR) is 90.2 cm³/mol. The summed E-state index contributed by atoms with van der Waals surface area (Å²) >= 11 is 0. The second-order valence-electron chi connectivity index (χ2n) is 6.39. The van der Waals surface area contributed by atoms with Crippen LogP contribution in [0.4, 0.5) is 0 Å². The van der Waals surface area contributed by atoms with Crippen molar-refractivity contribution in [1.29, 1.82) is 0 Å². The van der Waals surface area contributed by atoms with Gasteiger partial charge in [0.1, 0.15) is 17.1 Å². The first kappa shape index (κ1) is 15.1. The molecule has 1 aliphatic rings. The van der Waals surface area contributed by atoms with Gasteiger partial charge < -0.3 is 9.05 Å². The van der Waals surface area contributed by atoms with Crippen molar-refractivity contribution >= 4 is 0 Å². The normalized spacial score (nSPS) is 18.8. The molecule has 3 heterocycles. The van der Waals surface area contributed by atoms with Gasteiger partial charge in [-0.05, 0) is 26.3 Å². The van der Waals surface area contributed by atoms with Crippen molar-refractivity contribution in [2.75, 3.05) is 6.54 Å². The van der Waals surface area contributed by atoms with Crippen LogP contribution in [0.2, 0.25) is 0 Å². The summed E-state index contributed by atoms with van der Waals surface area (Å²) in [4.78, 5) is 2.41. The fraction of sp³-hybridized carbons (Fsp3) is 0.368. The summed E-state index contributed by atoms with van der Waals surface area (Å²) in [5.41, 5.74) is 2.99. The highest BCUT2D eigenvalue weighted by molar-refractivity contribution is 5.58. The van der Waals surface area contributed by atoms with Crippen LogP contribution in [-0.2, 0) is 6.54 Å². The Hall–Kier alpha value is -2.40. The van der Waals surface area contributed by atoms with Crippen molar-refractivity contribution in [3.05, 3.63) is 59.7 Å². The minimum Gasteiger partial charge on any atom is -0.361 e. The average molecular weight is 323 g/mol. The molecule has 1 saturated heterocycles. The van der Waals surface area contributed by atoms with Gasteiger partial charge in [0.25, 0.3) is 0 Å². The van der Waals surface area contributed by atoms with E-state index in [1.807, 2.05) is 49.4 Å². The van der Waals surface area contributed by atoms with E-state index in [0.717, 1.165) is 48.0 Å². The zero-order valence-corrected chi connectivity index (χ0v) is 13.8. The first-order valence-corrected chi connectivity index (χ1v) is 8.48. The van der Waals surface area contributed by atoms with Crippen LogP contribution in [0.3, 0.4) is 0 Å². The number of rotatable bonds is 4. The Morgan fingerprint density at radius 1 is 1.08 bits per heavy atom. The Kier molecular flexibility index (Phi) is 4.17. The lowest BCUT2D eigenvalue weighted by molar-refractivity contribution is 0.120. The molecule has 1 fully saturated rings. The Bertz CT molecular complexity index is 794. The van der Waals surface area contributed by atoms with Gasteiger partial charge in [-0.3, -0.25) is 4.90 Å². The van der Waals surface area contributed by atoms with Crippen LogP contribution < -0.4 is 0 Å². The van der Waals surface area contributed by atoms with Crippen LogP contribution in [0.1, 0.15) is 42.5 Å². The van der Waals surface area contributed by atoms with Gasteiger partial charge in [0.05, 0.1) is 12.6 Å². The molecule has 0 radical (unpaired) electrons. The third-order valence-corrected chi connectivity index (χ3v) is 4.59. The molecular formula is C19H21N3O2. The van der Waals surface area contributed by atoms with E-state index >= 15 is 0 Å². The Balaban J connectivity index is 1.52. The highest BCUT2D eigenvalue weighted by Gasteiger charge is 2.27. The van der Waals surface area contributed by atoms with E-state index in [4.69, 9.17) is 9.05 Å². The smallest absolute Gasteiger partial charge is 0.151 e. The molecule has 0 amide bonds. The molecule has 0 bridgehead atoms. The van der Waals surface area contributed by atoms with Crippen LogP contribution in [-0.4, -0.2) is 21.8 Å². The second kappa shape index (κ2) is 6.61. The first-order valence-electron chi connectivity index (χ1n) is 8.48. The summed E-state index contributed by atoms with van der Waals surface area (Å²) < 4.78 is 10.8. The maximum absolute atomic E-state index is 5.58. The zero-order chi connectivity index (χ0) is 16.4. The summed E-state index contributed by atoms with van der Waals surface area (Å²) in [6.45, 7) is 3.72. The lowest BCUT2D eigenvalue weighted by Gasteiger charge is -2.33. The number of aryl methyl sites for hydroxylation is 1. The second-order valence-corrected chi connectivity index (χ2v) is 6.39. The van der Waals surface area contributed by atoms with Crippen LogP contribution in [0.15, 0.2) is 51.5 Å². The van der Waals surface area contributed by atoms with E-state index in [2.05, 4.69) is 15.2 Å². The molecule has 24 heavy (non-hydrogen) atoms. The summed E-state index contributed by atoms with van der Waals surface area (Å²) in [7, 11) is 0. The number of hydrogen-bond donors (Lipinski definition) is 0. The number of aromatic nitrogens is 2. The number of likely N-dealkylation sites (tertiary alicyclic amines) is 1. The van der Waals surface area contributed by atoms with Crippen LogP contribution in [0.5, 0.6) is 0 Å². The topological polar surface area (TPSA) is 55.3 Å². The highest BCUT2D eigenvalue weighted by Crippen LogP contribution is 2.32. The average Bonchev–Trinajstić information content (AvgIpc) is 3.25. The summed E-state index contributed by atoms with van der Waals surface area (Å²) in [6.07, 6.45) is 3.53. The van der Waals surface area contributed by atoms with Gasteiger partial charge in [-0.2, -0.15) is 0 Å². The molecule has 0 unspecified atom stereocenters. The number of hydrogen-bond acceptors (Lipinski definition) is 5. The van der Waals surface area contributed by atoms with Crippen LogP contribution in [0, 0.1) is 6.92 Å². The van der Waals surface area contributed by atoms with Crippen molar-refractivity contribution < 1.29 is 9.05 Å². The minimum atomic E-state index is 0.293. The maximum atomic E-state index is 5.58. The quantitative estimate of drug-likeness (QED) is 0.714. The number of benzene rings is 1. The van der Waals surface area contributed by atoms with Crippen LogP contribution in [0.25, 0.3) is 11.3 Å². The standard InChI is InChI=1S/C19H21N3O2/c1-14-11-18(21-23-14)19-9-5-6-10-22(19)13-16-12-17(20-24-16)15-7-3-2-4-8-15/h2-4,7-8,11-12,19H,5-6,9-10,13H2,1H3/t19-/m1/s1. The van der Waals surface area contributed by atoms with E-state index < -0.39 is 0 Å². The van der Waals surface area contributed by atoms with Gasteiger partial charge in [0, 0.05) is 17.7 Å². The van der Waals surface area contributed by atoms with Gasteiger partial charge in [-0.25, -0.2) is 0 Å². The lowest BCUT2D eigenvalue weighted by atomic mass is 9.99. The van der Waals surface area contributed by atoms with E-state index in [9.17, 15) is 0 Å². The van der Waals surface area contributed by atoms with Crippen molar-refractivity contribution in [2.24, 2.45) is 0 Å². The third kappa shape index (κ3) is 3.12. The fourth-order valence-electron chi connectivity index (χ4n) is 3.39. The monoisotopic (exact) mass is 323 g/mol.